The Morgan fingerprint density at radius 1 is 1.28 bits per heavy atom. The summed E-state index contributed by atoms with van der Waals surface area (Å²) < 4.78 is 4.89. The number of nitrogens with one attached hydrogen (secondary N) is 1. The number of fused-ring (bicyclic) bond motifs is 1. The van der Waals surface area contributed by atoms with E-state index in [1.165, 1.54) is 6.07 Å². The molecule has 0 saturated heterocycles. The van der Waals surface area contributed by atoms with Crippen molar-refractivity contribution in [1.82, 2.24) is 4.98 Å². The number of aromatic nitrogens is 1. The predicted octanol–water partition coefficient (Wildman–Crippen LogP) is 2.32. The predicted molar refractivity (Wildman–Crippen MR) is 70.0 cm³/mol. The standard InChI is InChI=1S/C14H15NO3/c1-4-18-14(17)10-7-11(16)12-8(2)5-6-9(3)13(12)15-10/h5-7H,4H2,1-3H3,(H,15,16). The maximum absolute atomic E-state index is 12.1. The van der Waals surface area contributed by atoms with E-state index in [1.54, 1.807) is 6.92 Å². The molecule has 0 bridgehead atoms. The second-order valence-corrected chi connectivity index (χ2v) is 4.22. The van der Waals surface area contributed by atoms with Crippen molar-refractivity contribution in [3.8, 4) is 0 Å². The van der Waals surface area contributed by atoms with Gasteiger partial charge in [0.2, 0.25) is 0 Å². The molecule has 1 aromatic carbocycles. The number of hydrogen-bond acceptors (Lipinski definition) is 3. The van der Waals surface area contributed by atoms with E-state index in [2.05, 4.69) is 4.98 Å². The lowest BCUT2D eigenvalue weighted by molar-refractivity contribution is 0.0520. The zero-order valence-electron chi connectivity index (χ0n) is 10.7. The summed E-state index contributed by atoms with van der Waals surface area (Å²) in [5, 5.41) is 0.628. The highest BCUT2D eigenvalue weighted by Gasteiger charge is 2.12. The number of carbonyl (C=O) groups excluding carboxylic acids is 1. The third-order valence-corrected chi connectivity index (χ3v) is 2.90. The molecule has 4 heteroatoms. The van der Waals surface area contributed by atoms with Crippen LogP contribution >= 0.6 is 0 Å². The van der Waals surface area contributed by atoms with Crippen LogP contribution in [0.5, 0.6) is 0 Å². The molecule has 0 spiro atoms. The number of aromatic amines is 1. The van der Waals surface area contributed by atoms with E-state index in [-0.39, 0.29) is 17.7 Å². The van der Waals surface area contributed by atoms with Crippen molar-refractivity contribution in [1.29, 1.82) is 0 Å². The fourth-order valence-corrected chi connectivity index (χ4v) is 1.98. The van der Waals surface area contributed by atoms with E-state index in [4.69, 9.17) is 4.74 Å². The summed E-state index contributed by atoms with van der Waals surface area (Å²) in [7, 11) is 0. The van der Waals surface area contributed by atoms with Crippen LogP contribution in [0.2, 0.25) is 0 Å². The number of H-pyrrole nitrogens is 1. The van der Waals surface area contributed by atoms with Crippen LogP contribution < -0.4 is 5.43 Å². The normalized spacial score (nSPS) is 10.6. The van der Waals surface area contributed by atoms with E-state index in [1.807, 2.05) is 26.0 Å². The Bertz CT molecular complexity index is 671. The van der Waals surface area contributed by atoms with Gasteiger partial charge in [-0.15, -0.1) is 0 Å². The Balaban J connectivity index is 2.73. The Hall–Kier alpha value is -2.10. The van der Waals surface area contributed by atoms with Gasteiger partial charge in [0.15, 0.2) is 5.43 Å². The zero-order chi connectivity index (χ0) is 13.3. The fraction of sp³-hybridized carbons (Fsp3) is 0.286. The lowest BCUT2D eigenvalue weighted by Gasteiger charge is -2.08. The quantitative estimate of drug-likeness (QED) is 0.826. The highest BCUT2D eigenvalue weighted by atomic mass is 16.5. The Morgan fingerprint density at radius 3 is 2.61 bits per heavy atom. The Kier molecular flexibility index (Phi) is 3.19. The van der Waals surface area contributed by atoms with Crippen LogP contribution in [0.4, 0.5) is 0 Å². The summed E-state index contributed by atoms with van der Waals surface area (Å²) in [6.45, 7) is 5.78. The summed E-state index contributed by atoms with van der Waals surface area (Å²) in [4.78, 5) is 26.7. The molecule has 0 aliphatic heterocycles. The van der Waals surface area contributed by atoms with Crippen LogP contribution in [0, 0.1) is 13.8 Å². The molecule has 0 fully saturated rings. The van der Waals surface area contributed by atoms with Gasteiger partial charge in [-0.05, 0) is 31.9 Å². The average molecular weight is 245 g/mol. The molecule has 1 aromatic heterocycles. The smallest absolute Gasteiger partial charge is 0.354 e. The van der Waals surface area contributed by atoms with Crippen LogP contribution in [0.3, 0.4) is 0 Å². The van der Waals surface area contributed by atoms with E-state index in [0.29, 0.717) is 10.9 Å². The van der Waals surface area contributed by atoms with Gasteiger partial charge in [-0.1, -0.05) is 12.1 Å². The molecule has 0 atom stereocenters. The molecule has 0 amide bonds. The van der Waals surface area contributed by atoms with Gasteiger partial charge < -0.3 is 9.72 Å². The first-order chi connectivity index (χ1) is 8.54. The molecule has 0 saturated carbocycles. The van der Waals surface area contributed by atoms with Crippen molar-refractivity contribution >= 4 is 16.9 Å². The monoisotopic (exact) mass is 245 g/mol. The molecule has 18 heavy (non-hydrogen) atoms. The van der Waals surface area contributed by atoms with Crippen LogP contribution in [-0.2, 0) is 4.74 Å². The van der Waals surface area contributed by atoms with Crippen LogP contribution in [-0.4, -0.2) is 17.6 Å². The number of rotatable bonds is 2. The molecule has 0 aliphatic rings. The van der Waals surface area contributed by atoms with Crippen molar-refractivity contribution in [2.45, 2.75) is 20.8 Å². The van der Waals surface area contributed by atoms with E-state index < -0.39 is 5.97 Å². The summed E-state index contributed by atoms with van der Waals surface area (Å²) in [6.07, 6.45) is 0. The summed E-state index contributed by atoms with van der Waals surface area (Å²) >= 11 is 0. The van der Waals surface area contributed by atoms with Gasteiger partial charge in [-0.3, -0.25) is 4.79 Å². The summed E-state index contributed by atoms with van der Waals surface area (Å²) in [6, 6.07) is 5.12. The van der Waals surface area contributed by atoms with Crippen molar-refractivity contribution < 1.29 is 9.53 Å². The number of ether oxygens (including phenoxy) is 1. The molecule has 94 valence electrons. The topological polar surface area (TPSA) is 59.2 Å². The largest absolute Gasteiger partial charge is 0.461 e. The van der Waals surface area contributed by atoms with Gasteiger partial charge >= 0.3 is 5.97 Å². The Morgan fingerprint density at radius 2 is 1.94 bits per heavy atom. The van der Waals surface area contributed by atoms with Gasteiger partial charge in [0.05, 0.1) is 12.1 Å². The number of aryl methyl sites for hydroxylation is 2. The molecule has 1 heterocycles. The second-order valence-electron chi connectivity index (χ2n) is 4.22. The van der Waals surface area contributed by atoms with Crippen molar-refractivity contribution in [3.05, 3.63) is 45.2 Å². The van der Waals surface area contributed by atoms with Crippen molar-refractivity contribution in [2.75, 3.05) is 6.61 Å². The highest BCUT2D eigenvalue weighted by molar-refractivity contribution is 5.92. The molecule has 0 aliphatic carbocycles. The van der Waals surface area contributed by atoms with E-state index >= 15 is 0 Å². The number of pyridine rings is 1. The molecular weight excluding hydrogens is 230 g/mol. The van der Waals surface area contributed by atoms with Gasteiger partial charge in [-0.2, -0.15) is 0 Å². The van der Waals surface area contributed by atoms with E-state index in [9.17, 15) is 9.59 Å². The van der Waals surface area contributed by atoms with Gasteiger partial charge in [0.1, 0.15) is 5.69 Å². The molecule has 1 N–H and O–H groups in total. The first-order valence-corrected chi connectivity index (χ1v) is 5.85. The van der Waals surface area contributed by atoms with Crippen LogP contribution in [0.25, 0.3) is 10.9 Å². The average Bonchev–Trinajstić information content (AvgIpc) is 2.33. The SMILES string of the molecule is CCOC(=O)c1cc(=O)c2c(C)ccc(C)c2[nH]1. The minimum absolute atomic E-state index is 0.159. The van der Waals surface area contributed by atoms with Crippen LogP contribution in [0.15, 0.2) is 23.0 Å². The molecule has 2 aromatic rings. The van der Waals surface area contributed by atoms with Crippen molar-refractivity contribution in [3.63, 3.8) is 0 Å². The lowest BCUT2D eigenvalue weighted by Crippen LogP contribution is -2.13. The molecule has 0 unspecified atom stereocenters. The number of hydrogen-bond donors (Lipinski definition) is 1. The minimum atomic E-state index is -0.502. The highest BCUT2D eigenvalue weighted by Crippen LogP contribution is 2.17. The van der Waals surface area contributed by atoms with Crippen molar-refractivity contribution in [2.24, 2.45) is 0 Å². The maximum Gasteiger partial charge on any atom is 0.354 e. The minimum Gasteiger partial charge on any atom is -0.461 e. The lowest BCUT2D eigenvalue weighted by atomic mass is 10.0. The van der Waals surface area contributed by atoms with Crippen LogP contribution in [0.1, 0.15) is 28.5 Å². The van der Waals surface area contributed by atoms with Gasteiger partial charge in [0.25, 0.3) is 0 Å². The van der Waals surface area contributed by atoms with Gasteiger partial charge in [0, 0.05) is 11.5 Å². The molecule has 4 nitrogen and oxygen atoms in total. The number of benzene rings is 1. The second kappa shape index (κ2) is 4.64. The third-order valence-electron chi connectivity index (χ3n) is 2.90. The zero-order valence-corrected chi connectivity index (χ0v) is 10.7. The fourth-order valence-electron chi connectivity index (χ4n) is 1.98. The van der Waals surface area contributed by atoms with Gasteiger partial charge in [-0.25, -0.2) is 4.79 Å². The first kappa shape index (κ1) is 12.4. The first-order valence-electron chi connectivity index (χ1n) is 5.85. The number of esters is 1. The number of carbonyl (C=O) groups is 1. The molecule has 0 radical (unpaired) electrons. The maximum atomic E-state index is 12.1. The molecular formula is C14H15NO3. The summed E-state index contributed by atoms with van der Waals surface area (Å²) in [5.74, 6) is -0.502. The Labute approximate surface area is 105 Å². The van der Waals surface area contributed by atoms with E-state index in [0.717, 1.165) is 11.1 Å². The third kappa shape index (κ3) is 2.01. The summed E-state index contributed by atoms with van der Waals surface area (Å²) in [5.41, 5.74) is 2.56. The molecule has 2 rings (SSSR count).